The van der Waals surface area contributed by atoms with Crippen LogP contribution in [-0.2, 0) is 0 Å². The first kappa shape index (κ1) is 13.5. The van der Waals surface area contributed by atoms with E-state index in [2.05, 4.69) is 26.3 Å². The normalized spacial score (nSPS) is 10.5. The van der Waals surface area contributed by atoms with Crippen LogP contribution in [0.5, 0.6) is 0 Å². The van der Waals surface area contributed by atoms with Crippen LogP contribution in [0.3, 0.4) is 0 Å². The van der Waals surface area contributed by atoms with Gasteiger partial charge in [0, 0.05) is 7.05 Å². The molecule has 0 radical (unpaired) electrons. The molecule has 0 amide bonds. The zero-order valence-corrected chi connectivity index (χ0v) is 12.4. The van der Waals surface area contributed by atoms with Crippen molar-refractivity contribution in [2.24, 2.45) is 0 Å². The molecule has 0 unspecified atom stereocenters. The molecular weight excluding hydrogens is 312 g/mol. The van der Waals surface area contributed by atoms with Crippen molar-refractivity contribution in [3.63, 3.8) is 0 Å². The summed E-state index contributed by atoms with van der Waals surface area (Å²) in [6.07, 6.45) is 0. The van der Waals surface area contributed by atoms with Crippen molar-refractivity contribution in [3.05, 3.63) is 44.2 Å². The topological polar surface area (TPSA) is 73.0 Å². The highest BCUT2D eigenvalue weighted by atomic mass is 79.9. The first-order valence-corrected chi connectivity index (χ1v) is 6.44. The second-order valence-electron chi connectivity index (χ2n) is 4.08. The van der Waals surface area contributed by atoms with Gasteiger partial charge in [0.15, 0.2) is 0 Å². The lowest BCUT2D eigenvalue weighted by Gasteiger charge is -2.09. The monoisotopic (exact) mass is 324 g/mol. The smallest absolute Gasteiger partial charge is 0.317 e. The molecule has 0 aliphatic heterocycles. The van der Waals surface area contributed by atoms with Gasteiger partial charge < -0.3 is 5.32 Å². The summed E-state index contributed by atoms with van der Waals surface area (Å²) in [5, 5.41) is 18.5. The maximum atomic E-state index is 11.3. The van der Waals surface area contributed by atoms with E-state index < -0.39 is 4.92 Å². The zero-order chi connectivity index (χ0) is 14.2. The third kappa shape index (κ3) is 2.21. The largest absolute Gasteiger partial charge is 0.382 e. The number of anilines is 1. The third-order valence-corrected chi connectivity index (χ3v) is 4.05. The molecule has 1 aromatic heterocycles. The molecule has 2 aromatic rings. The molecule has 0 atom stereocenters. The Kier molecular flexibility index (Phi) is 3.57. The predicted molar refractivity (Wildman–Crippen MR) is 76.9 cm³/mol. The highest BCUT2D eigenvalue weighted by Crippen LogP contribution is 2.33. The van der Waals surface area contributed by atoms with E-state index in [1.807, 2.05) is 13.8 Å². The number of aryl methyl sites for hydroxylation is 1. The summed E-state index contributed by atoms with van der Waals surface area (Å²) in [7, 11) is 1.66. The summed E-state index contributed by atoms with van der Waals surface area (Å²) in [5.41, 5.74) is 2.55. The second-order valence-corrected chi connectivity index (χ2v) is 4.87. The standard InChI is InChI=1S/C12H13BrN4O2/c1-7-11(13)8(2)16(15-7)10-6-4-5-9(14-3)12(10)17(18)19/h4-6,14H,1-3H3. The zero-order valence-electron chi connectivity index (χ0n) is 10.8. The first-order chi connectivity index (χ1) is 8.97. The number of para-hydroxylation sites is 1. The van der Waals surface area contributed by atoms with E-state index in [9.17, 15) is 10.1 Å². The molecule has 100 valence electrons. The van der Waals surface area contributed by atoms with Crippen LogP contribution in [0.15, 0.2) is 22.7 Å². The van der Waals surface area contributed by atoms with Gasteiger partial charge in [-0.1, -0.05) is 6.07 Å². The highest BCUT2D eigenvalue weighted by Gasteiger charge is 2.23. The number of aromatic nitrogens is 2. The van der Waals surface area contributed by atoms with Crippen LogP contribution in [0.1, 0.15) is 11.4 Å². The lowest BCUT2D eigenvalue weighted by molar-refractivity contribution is -0.383. The molecule has 0 fully saturated rings. The SMILES string of the molecule is CNc1cccc(-n2nc(C)c(Br)c2C)c1[N+](=O)[O-]. The van der Waals surface area contributed by atoms with Gasteiger partial charge in [-0.2, -0.15) is 5.10 Å². The summed E-state index contributed by atoms with van der Waals surface area (Å²) in [4.78, 5) is 10.9. The van der Waals surface area contributed by atoms with Crippen LogP contribution in [0.2, 0.25) is 0 Å². The molecule has 6 nitrogen and oxygen atoms in total. The van der Waals surface area contributed by atoms with Gasteiger partial charge in [-0.05, 0) is 41.9 Å². The van der Waals surface area contributed by atoms with E-state index in [-0.39, 0.29) is 5.69 Å². The Balaban J connectivity index is 2.75. The lowest BCUT2D eigenvalue weighted by Crippen LogP contribution is -2.06. The molecule has 1 aromatic carbocycles. The van der Waals surface area contributed by atoms with E-state index in [4.69, 9.17) is 0 Å². The quantitative estimate of drug-likeness (QED) is 0.695. The molecule has 1 N–H and O–H groups in total. The Morgan fingerprint density at radius 1 is 1.42 bits per heavy atom. The summed E-state index contributed by atoms with van der Waals surface area (Å²) in [6.45, 7) is 3.71. The maximum absolute atomic E-state index is 11.3. The molecule has 0 saturated heterocycles. The van der Waals surface area contributed by atoms with E-state index >= 15 is 0 Å². The van der Waals surface area contributed by atoms with Gasteiger partial charge >= 0.3 is 5.69 Å². The molecule has 2 rings (SSSR count). The van der Waals surface area contributed by atoms with Crippen molar-refractivity contribution in [1.29, 1.82) is 0 Å². The Morgan fingerprint density at radius 2 is 2.11 bits per heavy atom. The van der Waals surface area contributed by atoms with Gasteiger partial charge in [-0.15, -0.1) is 0 Å². The van der Waals surface area contributed by atoms with Gasteiger partial charge in [-0.25, -0.2) is 4.68 Å². The minimum absolute atomic E-state index is 0.0168. The van der Waals surface area contributed by atoms with Crippen LogP contribution in [0, 0.1) is 24.0 Å². The number of halogens is 1. The van der Waals surface area contributed by atoms with Crippen LogP contribution in [0.25, 0.3) is 5.69 Å². The number of rotatable bonds is 3. The van der Waals surface area contributed by atoms with Gasteiger partial charge in [0.25, 0.3) is 0 Å². The molecule has 19 heavy (non-hydrogen) atoms. The van der Waals surface area contributed by atoms with E-state index in [1.54, 1.807) is 29.9 Å². The summed E-state index contributed by atoms with van der Waals surface area (Å²) < 4.78 is 2.44. The molecule has 7 heteroatoms. The van der Waals surface area contributed by atoms with Crippen LogP contribution in [0.4, 0.5) is 11.4 Å². The number of nitro benzene ring substituents is 1. The third-order valence-electron chi connectivity index (χ3n) is 2.90. The Bertz CT molecular complexity index is 651. The number of hydrogen-bond acceptors (Lipinski definition) is 4. The molecular formula is C12H13BrN4O2. The van der Waals surface area contributed by atoms with Crippen molar-refractivity contribution in [2.75, 3.05) is 12.4 Å². The number of nitro groups is 1. The minimum atomic E-state index is -0.397. The molecule has 0 bridgehead atoms. The summed E-state index contributed by atoms with van der Waals surface area (Å²) in [5.74, 6) is 0. The van der Waals surface area contributed by atoms with Crippen molar-refractivity contribution in [2.45, 2.75) is 13.8 Å². The average molecular weight is 325 g/mol. The highest BCUT2D eigenvalue weighted by molar-refractivity contribution is 9.10. The van der Waals surface area contributed by atoms with Gasteiger partial charge in [0.2, 0.25) is 0 Å². The number of nitrogens with one attached hydrogen (secondary N) is 1. The fraction of sp³-hybridized carbons (Fsp3) is 0.250. The van der Waals surface area contributed by atoms with Crippen molar-refractivity contribution >= 4 is 27.3 Å². The van der Waals surface area contributed by atoms with Crippen molar-refractivity contribution in [1.82, 2.24) is 9.78 Å². The Morgan fingerprint density at radius 3 is 2.58 bits per heavy atom. The number of hydrogen-bond donors (Lipinski definition) is 1. The fourth-order valence-corrected chi connectivity index (χ4v) is 2.20. The number of benzene rings is 1. The number of nitrogens with zero attached hydrogens (tertiary/aromatic N) is 3. The predicted octanol–water partition coefficient (Wildman–Crippen LogP) is 3.20. The van der Waals surface area contributed by atoms with Crippen molar-refractivity contribution < 1.29 is 4.92 Å². The Hall–Kier alpha value is -1.89. The molecule has 1 heterocycles. The van der Waals surface area contributed by atoms with Crippen molar-refractivity contribution in [3.8, 4) is 5.69 Å². The Labute approximate surface area is 118 Å². The van der Waals surface area contributed by atoms with Crippen LogP contribution >= 0.6 is 15.9 Å². The minimum Gasteiger partial charge on any atom is -0.382 e. The van der Waals surface area contributed by atoms with Crippen LogP contribution < -0.4 is 5.32 Å². The molecule has 0 saturated carbocycles. The van der Waals surface area contributed by atoms with E-state index in [0.29, 0.717) is 11.4 Å². The average Bonchev–Trinajstić information content (AvgIpc) is 2.65. The molecule has 0 aliphatic carbocycles. The molecule has 0 aliphatic rings. The molecule has 0 spiro atoms. The van der Waals surface area contributed by atoms with E-state index in [1.165, 1.54) is 0 Å². The fourth-order valence-electron chi connectivity index (χ4n) is 1.95. The van der Waals surface area contributed by atoms with Crippen LogP contribution in [-0.4, -0.2) is 21.8 Å². The van der Waals surface area contributed by atoms with Gasteiger partial charge in [0.1, 0.15) is 11.4 Å². The maximum Gasteiger partial charge on any atom is 0.317 e. The van der Waals surface area contributed by atoms with Gasteiger partial charge in [0.05, 0.1) is 20.8 Å². The second kappa shape index (κ2) is 5.00. The summed E-state index contributed by atoms with van der Waals surface area (Å²) in [6, 6.07) is 5.12. The van der Waals surface area contributed by atoms with E-state index in [0.717, 1.165) is 15.9 Å². The lowest BCUT2D eigenvalue weighted by atomic mass is 10.2. The first-order valence-electron chi connectivity index (χ1n) is 5.64. The van der Waals surface area contributed by atoms with Gasteiger partial charge in [-0.3, -0.25) is 10.1 Å². The summed E-state index contributed by atoms with van der Waals surface area (Å²) >= 11 is 3.43.